The molecule has 1 aromatic carbocycles. The molecule has 0 spiro atoms. The van der Waals surface area contributed by atoms with Crippen LogP contribution < -0.4 is 12.3 Å². The molecule has 1 aromatic heterocycles. The summed E-state index contributed by atoms with van der Waals surface area (Å²) in [6.07, 6.45) is -0.0624. The number of aliphatic hydroxyl groups excluding tert-OH is 1. The third kappa shape index (κ3) is 3.35. The quantitative estimate of drug-likeness (QED) is 0.614. The van der Waals surface area contributed by atoms with E-state index in [1.165, 1.54) is 0 Å². The highest BCUT2D eigenvalue weighted by molar-refractivity contribution is 7.80. The molecule has 2 aromatic rings. The summed E-state index contributed by atoms with van der Waals surface area (Å²) in [6, 6.07) is 7.08. The highest BCUT2D eigenvalue weighted by atomic mass is 32.1. The molecule has 7 nitrogen and oxygen atoms in total. The molecule has 0 aliphatic carbocycles. The van der Waals surface area contributed by atoms with Crippen molar-refractivity contribution in [2.45, 2.75) is 25.2 Å². The van der Waals surface area contributed by atoms with Crippen molar-refractivity contribution in [2.24, 2.45) is 0 Å². The van der Waals surface area contributed by atoms with Gasteiger partial charge in [0.05, 0.1) is 6.42 Å². The topological polar surface area (TPSA) is 154 Å². The summed E-state index contributed by atoms with van der Waals surface area (Å²) >= 11 is 4.83. The van der Waals surface area contributed by atoms with Crippen LogP contribution in [0.25, 0.3) is 11.1 Å². The number of hydrogen-bond acceptors (Lipinski definition) is 6. The van der Waals surface area contributed by atoms with E-state index in [0.29, 0.717) is 17.5 Å². The average molecular weight is 313 g/mol. The van der Waals surface area contributed by atoms with Gasteiger partial charge in [-0.25, -0.2) is 4.98 Å². The molecule has 0 saturated heterocycles. The Labute approximate surface area is 127 Å². The number of aromatic nitrogens is 1. The summed E-state index contributed by atoms with van der Waals surface area (Å²) in [7, 11) is 0. The number of aliphatic carboxylic acids is 1. The van der Waals surface area contributed by atoms with E-state index in [9.17, 15) is 9.90 Å². The van der Waals surface area contributed by atoms with Gasteiger partial charge in [-0.2, -0.15) is 0 Å². The van der Waals surface area contributed by atoms with Gasteiger partial charge >= 0.3 is 5.97 Å². The van der Waals surface area contributed by atoms with Crippen molar-refractivity contribution < 1.29 is 19.4 Å². The summed E-state index contributed by atoms with van der Waals surface area (Å²) in [5, 5.41) is 18.4. The van der Waals surface area contributed by atoms with E-state index in [0.717, 1.165) is 0 Å². The largest absolute Gasteiger partial charge is 0.501 e. The lowest BCUT2D eigenvalue weighted by Gasteiger charge is -2.24. The zero-order valence-electron chi connectivity index (χ0n) is 11.7. The number of oxazole rings is 1. The van der Waals surface area contributed by atoms with E-state index in [2.05, 4.69) is 4.98 Å². The van der Waals surface area contributed by atoms with Gasteiger partial charge in [0.15, 0.2) is 10.6 Å². The second kappa shape index (κ2) is 7.11. The highest BCUT2D eigenvalue weighted by Gasteiger charge is 2.42. The predicted molar refractivity (Wildman–Crippen MR) is 83.5 cm³/mol. The Kier molecular flexibility index (Phi) is 6.43. The van der Waals surface area contributed by atoms with Gasteiger partial charge in [0.25, 0.3) is 0 Å². The lowest BCUT2D eigenvalue weighted by Crippen LogP contribution is -2.36. The van der Waals surface area contributed by atoms with Crippen molar-refractivity contribution in [2.75, 3.05) is 0 Å². The number of benzene rings is 1. The number of aliphatic hydroxyl groups is 1. The smallest absolute Gasteiger partial charge is 0.304 e. The predicted octanol–water partition coefficient (Wildman–Crippen LogP) is 3.16. The van der Waals surface area contributed by atoms with Crippen LogP contribution >= 0.6 is 12.2 Å². The molecule has 2 rings (SSSR count). The van der Waals surface area contributed by atoms with E-state index >= 15 is 0 Å². The SMILES string of the molecule is CCC(CC(=O)O)(C(O)=S)c1nc2ccccc2o1.N.N. The van der Waals surface area contributed by atoms with Gasteiger partial charge in [0.1, 0.15) is 10.9 Å². The van der Waals surface area contributed by atoms with E-state index in [1.807, 2.05) is 0 Å². The Hall–Kier alpha value is -2.03. The molecular weight excluding hydrogens is 294 g/mol. The van der Waals surface area contributed by atoms with Gasteiger partial charge in [-0.15, -0.1) is 0 Å². The van der Waals surface area contributed by atoms with Crippen LogP contribution in [0.3, 0.4) is 0 Å². The van der Waals surface area contributed by atoms with Gasteiger partial charge in [0, 0.05) is 0 Å². The summed E-state index contributed by atoms with van der Waals surface area (Å²) < 4.78 is 5.56. The number of fused-ring (bicyclic) bond motifs is 1. The maximum Gasteiger partial charge on any atom is 0.304 e. The maximum atomic E-state index is 11.0. The van der Waals surface area contributed by atoms with Crippen molar-refractivity contribution >= 4 is 34.3 Å². The molecule has 0 amide bonds. The Morgan fingerprint density at radius 2 is 1.95 bits per heavy atom. The van der Waals surface area contributed by atoms with Crippen LogP contribution in [0.15, 0.2) is 28.7 Å². The first-order valence-corrected chi connectivity index (χ1v) is 6.21. The summed E-state index contributed by atoms with van der Waals surface area (Å²) in [5.74, 6) is -0.924. The zero-order valence-corrected chi connectivity index (χ0v) is 12.5. The molecule has 0 radical (unpaired) electrons. The van der Waals surface area contributed by atoms with Crippen molar-refractivity contribution in [1.82, 2.24) is 17.3 Å². The molecule has 1 heterocycles. The fraction of sp³-hybridized carbons (Fsp3) is 0.308. The van der Waals surface area contributed by atoms with Crippen molar-refractivity contribution in [1.29, 1.82) is 0 Å². The minimum Gasteiger partial charge on any atom is -0.501 e. The standard InChI is InChI=1S/C13H13NO4S.2H3N/c1-2-13(12(17)19,7-10(15)16)11-14-8-5-3-4-6-9(8)18-11;;/h3-6H,2,7H2,1H3,(H,15,16)(H,17,19);2*1H3. The minimum absolute atomic E-state index is 0. The lowest BCUT2D eigenvalue weighted by atomic mass is 9.82. The summed E-state index contributed by atoms with van der Waals surface area (Å²) in [5.41, 5.74) is -0.117. The monoisotopic (exact) mass is 313 g/mol. The first kappa shape index (κ1) is 19.0. The number of hydrogen-bond donors (Lipinski definition) is 4. The second-order valence-corrected chi connectivity index (χ2v) is 4.68. The minimum atomic E-state index is -1.26. The Bertz CT molecular complexity index is 610. The van der Waals surface area contributed by atoms with Gasteiger partial charge in [0.2, 0.25) is 5.89 Å². The average Bonchev–Trinajstić information content (AvgIpc) is 2.79. The third-order valence-corrected chi connectivity index (χ3v) is 3.56. The van der Waals surface area contributed by atoms with Crippen molar-refractivity contribution in [3.05, 3.63) is 30.2 Å². The molecule has 0 fully saturated rings. The number of thiocarbonyl (C=S) groups is 1. The number of para-hydroxylation sites is 2. The molecule has 0 aliphatic heterocycles. The van der Waals surface area contributed by atoms with Crippen LogP contribution in [0.1, 0.15) is 25.7 Å². The van der Waals surface area contributed by atoms with E-state index in [4.69, 9.17) is 21.7 Å². The van der Waals surface area contributed by atoms with E-state index in [-0.39, 0.29) is 24.6 Å². The first-order valence-electron chi connectivity index (χ1n) is 5.81. The normalized spacial score (nSPS) is 12.8. The molecular formula is C13H19N3O4S. The lowest BCUT2D eigenvalue weighted by molar-refractivity contribution is -0.138. The molecule has 0 saturated carbocycles. The Balaban J connectivity index is 0.00000200. The molecule has 8 N–H and O–H groups in total. The Morgan fingerprint density at radius 3 is 2.43 bits per heavy atom. The van der Waals surface area contributed by atoms with Crippen molar-refractivity contribution in [3.8, 4) is 0 Å². The number of rotatable bonds is 5. The summed E-state index contributed by atoms with van der Waals surface area (Å²) in [4.78, 5) is 15.3. The van der Waals surface area contributed by atoms with Crippen LogP contribution in [0, 0.1) is 0 Å². The molecule has 0 aliphatic rings. The number of carboxylic acid groups (broad SMARTS) is 1. The zero-order chi connectivity index (χ0) is 14.0. The molecule has 1 atom stereocenters. The third-order valence-electron chi connectivity index (χ3n) is 3.17. The molecule has 1 unspecified atom stereocenters. The molecule has 8 heteroatoms. The van der Waals surface area contributed by atoms with Gasteiger partial charge < -0.3 is 26.9 Å². The van der Waals surface area contributed by atoms with Crippen molar-refractivity contribution in [3.63, 3.8) is 0 Å². The molecule has 21 heavy (non-hydrogen) atoms. The maximum absolute atomic E-state index is 11.0. The first-order chi connectivity index (χ1) is 8.99. The fourth-order valence-electron chi connectivity index (χ4n) is 2.01. The molecule has 116 valence electrons. The number of carbonyl (C=O) groups is 1. The van der Waals surface area contributed by atoms with Crippen LogP contribution in [0.5, 0.6) is 0 Å². The molecule has 0 bridgehead atoms. The van der Waals surface area contributed by atoms with Crippen LogP contribution in [-0.2, 0) is 10.2 Å². The van der Waals surface area contributed by atoms with Crippen LogP contribution in [0.2, 0.25) is 0 Å². The highest BCUT2D eigenvalue weighted by Crippen LogP contribution is 2.34. The summed E-state index contributed by atoms with van der Waals surface area (Å²) in [6.45, 7) is 1.74. The van der Waals surface area contributed by atoms with E-state index in [1.54, 1.807) is 31.2 Å². The van der Waals surface area contributed by atoms with Gasteiger partial charge in [-0.1, -0.05) is 19.1 Å². The van der Waals surface area contributed by atoms with Crippen LogP contribution in [-0.4, -0.2) is 26.2 Å². The van der Waals surface area contributed by atoms with Gasteiger partial charge in [-0.05, 0) is 30.8 Å². The van der Waals surface area contributed by atoms with Gasteiger partial charge in [-0.3, -0.25) is 4.79 Å². The number of carboxylic acids is 1. The fourth-order valence-corrected chi connectivity index (χ4v) is 2.31. The van der Waals surface area contributed by atoms with E-state index < -0.39 is 16.4 Å². The van der Waals surface area contributed by atoms with Crippen LogP contribution in [0.4, 0.5) is 0 Å². The number of nitrogens with zero attached hydrogens (tertiary/aromatic N) is 1. The Morgan fingerprint density at radius 1 is 1.33 bits per heavy atom. The second-order valence-electron chi connectivity index (χ2n) is 4.30.